The molecule has 1 amide bonds. The molecule has 2 heterocycles. The zero-order chi connectivity index (χ0) is 15.3. The van der Waals surface area contributed by atoms with Crippen LogP contribution in [0.3, 0.4) is 0 Å². The average Bonchev–Trinajstić information content (AvgIpc) is 2.78. The molecule has 21 heavy (non-hydrogen) atoms. The number of carbonyl (C=O) groups excluding carboxylic acids is 1. The highest BCUT2D eigenvalue weighted by atomic mass is 19.1. The number of nitrogens with zero attached hydrogens (tertiary/aromatic N) is 1. The lowest BCUT2D eigenvalue weighted by atomic mass is 9.71. The summed E-state index contributed by atoms with van der Waals surface area (Å²) >= 11 is 0. The number of aliphatic carboxylic acids is 1. The van der Waals surface area contributed by atoms with Crippen LogP contribution in [-0.2, 0) is 14.3 Å². The Bertz CT molecular complexity index is 519. The fourth-order valence-electron chi connectivity index (χ4n) is 4.08. The van der Waals surface area contributed by atoms with E-state index >= 15 is 0 Å². The molecule has 0 aromatic rings. The van der Waals surface area contributed by atoms with E-state index in [1.165, 1.54) is 12.0 Å². The van der Waals surface area contributed by atoms with Gasteiger partial charge in [-0.2, -0.15) is 0 Å². The fourth-order valence-corrected chi connectivity index (χ4v) is 4.08. The second-order valence-electron chi connectivity index (χ2n) is 5.82. The van der Waals surface area contributed by atoms with E-state index in [9.17, 15) is 24.2 Å². The molecule has 3 aliphatic rings. The van der Waals surface area contributed by atoms with Crippen molar-refractivity contribution in [3.63, 3.8) is 0 Å². The van der Waals surface area contributed by atoms with Crippen molar-refractivity contribution in [2.24, 2.45) is 11.8 Å². The second kappa shape index (κ2) is 5.06. The molecule has 7 heteroatoms. The minimum atomic E-state index is -1.36. The van der Waals surface area contributed by atoms with Gasteiger partial charge in [-0.05, 0) is 24.8 Å². The summed E-state index contributed by atoms with van der Waals surface area (Å²) in [6, 6.07) is -0.442. The first kappa shape index (κ1) is 14.5. The summed E-state index contributed by atoms with van der Waals surface area (Å²) in [5.41, 5.74) is 0.604. The SMILES string of the molecule is CO[C@H]1CCCC2C1=C(C(=O)O)N1C(=O)[C@H]([C@H](O)CF)[C@@H]21. The molecule has 5 atom stereocenters. The molecule has 0 radical (unpaired) electrons. The lowest BCUT2D eigenvalue weighted by Gasteiger charge is -2.47. The van der Waals surface area contributed by atoms with Crippen LogP contribution < -0.4 is 0 Å². The average molecular weight is 299 g/mol. The minimum Gasteiger partial charge on any atom is -0.477 e. The van der Waals surface area contributed by atoms with Gasteiger partial charge in [0.2, 0.25) is 5.91 Å². The molecule has 6 nitrogen and oxygen atoms in total. The van der Waals surface area contributed by atoms with E-state index < -0.39 is 36.6 Å². The molecule has 2 fully saturated rings. The number of β-lactam (4-membered cyclic amide) rings is 1. The van der Waals surface area contributed by atoms with E-state index in [2.05, 4.69) is 0 Å². The number of fused-ring (bicyclic) bond motifs is 3. The van der Waals surface area contributed by atoms with Crippen LogP contribution in [0.1, 0.15) is 19.3 Å². The topological polar surface area (TPSA) is 87.1 Å². The highest BCUT2D eigenvalue weighted by Gasteiger charge is 2.62. The Hall–Kier alpha value is -1.47. The molecule has 2 aliphatic heterocycles. The quantitative estimate of drug-likeness (QED) is 0.730. The number of hydrogen-bond acceptors (Lipinski definition) is 4. The number of halogens is 1. The van der Waals surface area contributed by atoms with Crippen molar-refractivity contribution in [3.05, 3.63) is 11.3 Å². The summed E-state index contributed by atoms with van der Waals surface area (Å²) in [6.07, 6.45) is 0.615. The molecule has 116 valence electrons. The summed E-state index contributed by atoms with van der Waals surface area (Å²) in [7, 11) is 1.52. The molecule has 1 aliphatic carbocycles. The van der Waals surface area contributed by atoms with Crippen LogP contribution in [0.25, 0.3) is 0 Å². The number of methoxy groups -OCH3 is 1. The van der Waals surface area contributed by atoms with E-state index in [0.29, 0.717) is 12.0 Å². The maximum Gasteiger partial charge on any atom is 0.352 e. The van der Waals surface area contributed by atoms with E-state index in [4.69, 9.17) is 4.74 Å². The van der Waals surface area contributed by atoms with Crippen molar-refractivity contribution < 1.29 is 28.9 Å². The number of rotatable bonds is 4. The molecular weight excluding hydrogens is 281 g/mol. The minimum absolute atomic E-state index is 0.0242. The first-order valence-corrected chi connectivity index (χ1v) is 7.10. The van der Waals surface area contributed by atoms with Gasteiger partial charge in [-0.25, -0.2) is 9.18 Å². The van der Waals surface area contributed by atoms with Gasteiger partial charge in [-0.3, -0.25) is 4.79 Å². The third kappa shape index (κ3) is 1.83. The summed E-state index contributed by atoms with van der Waals surface area (Å²) < 4.78 is 18.1. The van der Waals surface area contributed by atoms with Crippen LogP contribution in [0.15, 0.2) is 11.3 Å². The molecule has 3 rings (SSSR count). The van der Waals surface area contributed by atoms with Gasteiger partial charge in [-0.15, -0.1) is 0 Å². The molecule has 0 spiro atoms. The molecule has 0 aromatic heterocycles. The van der Waals surface area contributed by atoms with Crippen molar-refractivity contribution in [3.8, 4) is 0 Å². The monoisotopic (exact) mass is 299 g/mol. The Morgan fingerprint density at radius 1 is 1.52 bits per heavy atom. The summed E-state index contributed by atoms with van der Waals surface area (Å²) in [6.45, 7) is -1.00. The van der Waals surface area contributed by atoms with Gasteiger partial charge < -0.3 is 19.8 Å². The van der Waals surface area contributed by atoms with E-state index in [1.54, 1.807) is 0 Å². The van der Waals surface area contributed by atoms with Crippen LogP contribution >= 0.6 is 0 Å². The lowest BCUT2D eigenvalue weighted by molar-refractivity contribution is -0.165. The number of carbonyl (C=O) groups is 2. The molecule has 1 saturated heterocycles. The number of aliphatic hydroxyl groups is 1. The molecule has 0 bridgehead atoms. The Morgan fingerprint density at radius 3 is 2.81 bits per heavy atom. The summed E-state index contributed by atoms with van der Waals surface area (Å²) in [5, 5.41) is 19.2. The summed E-state index contributed by atoms with van der Waals surface area (Å²) in [5.74, 6) is -2.66. The second-order valence-corrected chi connectivity index (χ2v) is 5.82. The van der Waals surface area contributed by atoms with Gasteiger partial charge >= 0.3 is 5.97 Å². The molecule has 1 saturated carbocycles. The summed E-state index contributed by atoms with van der Waals surface area (Å²) in [4.78, 5) is 24.9. The normalized spacial score (nSPS) is 36.1. The van der Waals surface area contributed by atoms with Crippen LogP contribution in [-0.4, -0.2) is 59.0 Å². The van der Waals surface area contributed by atoms with E-state index in [1.807, 2.05) is 0 Å². The number of ether oxygens (including phenoxy) is 1. The zero-order valence-electron chi connectivity index (χ0n) is 11.7. The largest absolute Gasteiger partial charge is 0.477 e. The van der Waals surface area contributed by atoms with Crippen LogP contribution in [0.5, 0.6) is 0 Å². The number of carboxylic acid groups (broad SMARTS) is 1. The first-order chi connectivity index (χ1) is 10.0. The van der Waals surface area contributed by atoms with Gasteiger partial charge in [0, 0.05) is 13.0 Å². The van der Waals surface area contributed by atoms with Crippen LogP contribution in [0.2, 0.25) is 0 Å². The van der Waals surface area contributed by atoms with E-state index in [0.717, 1.165) is 12.8 Å². The molecule has 1 unspecified atom stereocenters. The van der Waals surface area contributed by atoms with Crippen molar-refractivity contribution in [1.29, 1.82) is 0 Å². The number of aliphatic hydroxyl groups excluding tert-OH is 1. The number of hydrogen-bond donors (Lipinski definition) is 2. The maximum absolute atomic E-state index is 12.7. The van der Waals surface area contributed by atoms with Crippen molar-refractivity contribution in [2.45, 2.75) is 37.5 Å². The fraction of sp³-hybridized carbons (Fsp3) is 0.714. The van der Waals surface area contributed by atoms with Crippen molar-refractivity contribution in [2.75, 3.05) is 13.8 Å². The number of amides is 1. The van der Waals surface area contributed by atoms with Crippen LogP contribution in [0.4, 0.5) is 4.39 Å². The van der Waals surface area contributed by atoms with Gasteiger partial charge in [0.25, 0.3) is 0 Å². The Morgan fingerprint density at radius 2 is 2.24 bits per heavy atom. The molecule has 2 N–H and O–H groups in total. The number of alkyl halides is 1. The Balaban J connectivity index is 2.01. The van der Waals surface area contributed by atoms with Gasteiger partial charge in [0.05, 0.1) is 24.2 Å². The molecule has 0 aromatic carbocycles. The highest BCUT2D eigenvalue weighted by Crippen LogP contribution is 2.52. The van der Waals surface area contributed by atoms with Gasteiger partial charge in [0.15, 0.2) is 0 Å². The third-order valence-corrected chi connectivity index (χ3v) is 4.90. The zero-order valence-corrected chi connectivity index (χ0v) is 11.7. The first-order valence-electron chi connectivity index (χ1n) is 7.10. The molecular formula is C14H18FNO5. The standard InChI is InChI=1S/C14H18FNO5/c1-21-8-4-2-3-6-9(8)12(14(19)20)16-11(6)10(13(16)18)7(17)5-15/h6-8,10-11,17H,2-5H2,1H3,(H,19,20)/t6?,7-,8+,10-,11-/m1/s1. The Kier molecular flexibility index (Phi) is 3.49. The third-order valence-electron chi connectivity index (χ3n) is 4.90. The highest BCUT2D eigenvalue weighted by molar-refractivity contribution is 6.00. The van der Waals surface area contributed by atoms with Crippen molar-refractivity contribution in [1.82, 2.24) is 4.90 Å². The maximum atomic E-state index is 12.7. The predicted molar refractivity (Wildman–Crippen MR) is 68.9 cm³/mol. The smallest absolute Gasteiger partial charge is 0.352 e. The van der Waals surface area contributed by atoms with Crippen molar-refractivity contribution >= 4 is 11.9 Å². The Labute approximate surface area is 121 Å². The number of carboxylic acids is 1. The van der Waals surface area contributed by atoms with Gasteiger partial charge in [-0.1, -0.05) is 0 Å². The van der Waals surface area contributed by atoms with Crippen LogP contribution in [0, 0.1) is 11.8 Å². The van der Waals surface area contributed by atoms with Gasteiger partial charge in [0.1, 0.15) is 12.4 Å². The van der Waals surface area contributed by atoms with E-state index in [-0.39, 0.29) is 17.7 Å². The predicted octanol–water partition coefficient (Wildman–Crippen LogP) is 0.311. The lowest BCUT2D eigenvalue weighted by Crippen LogP contribution is -2.64.